The molecule has 14 heavy (non-hydrogen) atoms. The minimum atomic E-state index is -1.35. The van der Waals surface area contributed by atoms with Crippen LogP contribution in [0.25, 0.3) is 0 Å². The van der Waals surface area contributed by atoms with Gasteiger partial charge in [-0.3, -0.25) is 9.00 Å². The van der Waals surface area contributed by atoms with E-state index in [0.29, 0.717) is 14.9 Å². The first kappa shape index (κ1) is 11.7. The van der Waals surface area contributed by atoms with Gasteiger partial charge in [-0.15, -0.1) is 0 Å². The Morgan fingerprint density at radius 1 is 1.29 bits per heavy atom. The maximum Gasteiger partial charge on any atom is 0.142 e. The van der Waals surface area contributed by atoms with Crippen molar-refractivity contribution < 1.29 is 9.00 Å². The molecule has 5 heteroatoms. The van der Waals surface area contributed by atoms with Crippen LogP contribution < -0.4 is 0 Å². The van der Waals surface area contributed by atoms with Gasteiger partial charge in [0, 0.05) is 14.9 Å². The lowest BCUT2D eigenvalue weighted by atomic mass is 10.4. The molecule has 0 radical (unpaired) electrons. The van der Waals surface area contributed by atoms with Gasteiger partial charge in [0.2, 0.25) is 0 Å². The summed E-state index contributed by atoms with van der Waals surface area (Å²) in [6.07, 6.45) is 0. The molecule has 0 saturated heterocycles. The average molecular weight is 251 g/mol. The van der Waals surface area contributed by atoms with Crippen LogP contribution in [0.15, 0.2) is 23.1 Å². The lowest BCUT2D eigenvalue weighted by molar-refractivity contribution is -0.114. The van der Waals surface area contributed by atoms with Gasteiger partial charge in [0.15, 0.2) is 0 Å². The summed E-state index contributed by atoms with van der Waals surface area (Å²) in [5, 5.41) is 0.841. The number of rotatable bonds is 3. The Balaban J connectivity index is 2.95. The minimum absolute atomic E-state index is 0.00330. The number of Topliss-reactive ketones (excluding diaryl/α,β-unsaturated/α-hetero) is 1. The fourth-order valence-corrected chi connectivity index (χ4v) is 2.64. The highest BCUT2D eigenvalue weighted by Crippen LogP contribution is 2.21. The minimum Gasteiger partial charge on any atom is -0.299 e. The normalized spacial score (nSPS) is 12.5. The standard InChI is InChI=1S/C9H8Cl2O2S/c1-6(12)5-14(13)9-3-7(10)2-8(11)4-9/h2-4H,5H2,1H3. The van der Waals surface area contributed by atoms with Crippen molar-refractivity contribution in [3.63, 3.8) is 0 Å². The van der Waals surface area contributed by atoms with E-state index in [0.717, 1.165) is 0 Å². The zero-order chi connectivity index (χ0) is 10.7. The van der Waals surface area contributed by atoms with Crippen LogP contribution in [0.5, 0.6) is 0 Å². The van der Waals surface area contributed by atoms with Crippen molar-refractivity contribution in [1.82, 2.24) is 0 Å². The topological polar surface area (TPSA) is 34.1 Å². The molecule has 0 aliphatic rings. The SMILES string of the molecule is CC(=O)CS(=O)c1cc(Cl)cc(Cl)c1. The molecule has 0 aliphatic heterocycles. The second kappa shape index (κ2) is 4.91. The Morgan fingerprint density at radius 2 is 1.79 bits per heavy atom. The largest absolute Gasteiger partial charge is 0.299 e. The molecule has 0 aromatic heterocycles. The summed E-state index contributed by atoms with van der Waals surface area (Å²) in [7, 11) is -1.35. The first-order chi connectivity index (χ1) is 6.49. The number of benzene rings is 1. The maximum atomic E-state index is 11.5. The highest BCUT2D eigenvalue weighted by molar-refractivity contribution is 7.85. The van der Waals surface area contributed by atoms with Crippen molar-refractivity contribution in [3.8, 4) is 0 Å². The van der Waals surface area contributed by atoms with Gasteiger partial charge in [-0.2, -0.15) is 0 Å². The van der Waals surface area contributed by atoms with Crippen LogP contribution in [-0.4, -0.2) is 15.7 Å². The third-order valence-corrected chi connectivity index (χ3v) is 3.30. The summed E-state index contributed by atoms with van der Waals surface area (Å²) >= 11 is 11.5. The van der Waals surface area contributed by atoms with Gasteiger partial charge in [0.05, 0.1) is 16.6 Å². The van der Waals surface area contributed by atoms with Crippen molar-refractivity contribution >= 4 is 39.8 Å². The van der Waals surface area contributed by atoms with Crippen molar-refractivity contribution in [1.29, 1.82) is 0 Å². The van der Waals surface area contributed by atoms with Crippen LogP contribution in [0.1, 0.15) is 6.92 Å². The van der Waals surface area contributed by atoms with E-state index in [-0.39, 0.29) is 11.5 Å². The highest BCUT2D eigenvalue weighted by atomic mass is 35.5. The fraction of sp³-hybridized carbons (Fsp3) is 0.222. The van der Waals surface area contributed by atoms with E-state index in [9.17, 15) is 9.00 Å². The molecule has 0 fully saturated rings. The monoisotopic (exact) mass is 250 g/mol. The molecule has 1 unspecified atom stereocenters. The van der Waals surface area contributed by atoms with Gasteiger partial charge >= 0.3 is 0 Å². The number of hydrogen-bond acceptors (Lipinski definition) is 2. The second-order valence-electron chi connectivity index (χ2n) is 2.80. The molecule has 0 bridgehead atoms. The molecule has 0 N–H and O–H groups in total. The zero-order valence-corrected chi connectivity index (χ0v) is 9.75. The quantitative estimate of drug-likeness (QED) is 0.827. The number of halogens is 2. The predicted molar refractivity (Wildman–Crippen MR) is 58.4 cm³/mol. The summed E-state index contributed by atoms with van der Waals surface area (Å²) in [5.41, 5.74) is 0. The van der Waals surface area contributed by atoms with Gasteiger partial charge in [0.25, 0.3) is 0 Å². The molecule has 1 aromatic carbocycles. The van der Waals surface area contributed by atoms with E-state index in [1.54, 1.807) is 18.2 Å². The fourth-order valence-electron chi connectivity index (χ4n) is 0.928. The Kier molecular flexibility index (Phi) is 4.11. The number of carbonyl (C=O) groups excluding carboxylic acids is 1. The molecule has 0 spiro atoms. The van der Waals surface area contributed by atoms with E-state index >= 15 is 0 Å². The third kappa shape index (κ3) is 3.40. The van der Waals surface area contributed by atoms with Crippen molar-refractivity contribution in [3.05, 3.63) is 28.2 Å². The van der Waals surface area contributed by atoms with E-state index in [1.165, 1.54) is 6.92 Å². The van der Waals surface area contributed by atoms with Gasteiger partial charge in [-0.1, -0.05) is 23.2 Å². The van der Waals surface area contributed by atoms with Crippen LogP contribution in [0.2, 0.25) is 10.0 Å². The van der Waals surface area contributed by atoms with E-state index in [4.69, 9.17) is 23.2 Å². The Bertz CT molecular complexity index is 370. The van der Waals surface area contributed by atoms with Gasteiger partial charge in [0.1, 0.15) is 5.78 Å². The summed E-state index contributed by atoms with van der Waals surface area (Å²) in [4.78, 5) is 11.2. The summed E-state index contributed by atoms with van der Waals surface area (Å²) in [5.74, 6) is -0.129. The molecule has 0 heterocycles. The van der Waals surface area contributed by atoms with Crippen LogP contribution in [0, 0.1) is 0 Å². The summed E-state index contributed by atoms with van der Waals surface area (Å²) in [6.45, 7) is 1.39. The van der Waals surface area contributed by atoms with Crippen molar-refractivity contribution in [2.75, 3.05) is 5.75 Å². The number of hydrogen-bond donors (Lipinski definition) is 0. The van der Waals surface area contributed by atoms with Crippen molar-refractivity contribution in [2.24, 2.45) is 0 Å². The third-order valence-electron chi connectivity index (χ3n) is 1.43. The number of ketones is 1. The molecular weight excluding hydrogens is 243 g/mol. The molecular formula is C9H8Cl2O2S. The summed E-state index contributed by atoms with van der Waals surface area (Å²) < 4.78 is 11.5. The van der Waals surface area contributed by atoms with Gasteiger partial charge in [-0.05, 0) is 25.1 Å². The van der Waals surface area contributed by atoms with E-state index < -0.39 is 10.8 Å². The molecule has 1 rings (SSSR count). The molecule has 0 saturated carbocycles. The molecule has 0 amide bonds. The van der Waals surface area contributed by atoms with Gasteiger partial charge < -0.3 is 0 Å². The molecule has 1 aromatic rings. The van der Waals surface area contributed by atoms with Crippen molar-refractivity contribution in [2.45, 2.75) is 11.8 Å². The lowest BCUT2D eigenvalue weighted by Crippen LogP contribution is -2.06. The van der Waals surface area contributed by atoms with E-state index in [2.05, 4.69) is 0 Å². The van der Waals surface area contributed by atoms with Crippen LogP contribution in [0.3, 0.4) is 0 Å². The zero-order valence-electron chi connectivity index (χ0n) is 7.42. The predicted octanol–water partition coefficient (Wildman–Crippen LogP) is 2.69. The Hall–Kier alpha value is -0.380. The molecule has 1 atom stereocenters. The Labute approximate surface area is 94.7 Å². The van der Waals surface area contributed by atoms with E-state index in [1.807, 2.05) is 0 Å². The lowest BCUT2D eigenvalue weighted by Gasteiger charge is -2.01. The first-order valence-electron chi connectivity index (χ1n) is 3.83. The van der Waals surface area contributed by atoms with Crippen LogP contribution >= 0.6 is 23.2 Å². The Morgan fingerprint density at radius 3 is 2.21 bits per heavy atom. The number of carbonyl (C=O) groups is 1. The maximum absolute atomic E-state index is 11.5. The molecule has 76 valence electrons. The first-order valence-corrected chi connectivity index (χ1v) is 5.90. The smallest absolute Gasteiger partial charge is 0.142 e. The van der Waals surface area contributed by atoms with Gasteiger partial charge in [-0.25, -0.2) is 0 Å². The van der Waals surface area contributed by atoms with Crippen LogP contribution in [-0.2, 0) is 15.6 Å². The average Bonchev–Trinajstić information content (AvgIpc) is 2.00. The molecule has 0 aliphatic carbocycles. The van der Waals surface area contributed by atoms with Crippen LogP contribution in [0.4, 0.5) is 0 Å². The summed E-state index contributed by atoms with van der Waals surface area (Å²) in [6, 6.07) is 4.65. The second-order valence-corrected chi connectivity index (χ2v) is 5.12. The highest BCUT2D eigenvalue weighted by Gasteiger charge is 2.08. The molecule has 2 nitrogen and oxygen atoms in total.